The molecule has 2 aromatic carbocycles. The second kappa shape index (κ2) is 9.98. The van der Waals surface area contributed by atoms with Crippen molar-refractivity contribution in [3.05, 3.63) is 71.0 Å². The molecule has 3 rings (SSSR count). The molecule has 0 aromatic heterocycles. The molecule has 1 saturated heterocycles. The zero-order valence-corrected chi connectivity index (χ0v) is 16.4. The molecular formula is C20H24F3N2OP. The van der Waals surface area contributed by atoms with Crippen molar-refractivity contribution in [2.75, 3.05) is 33.2 Å². The van der Waals surface area contributed by atoms with Crippen LogP contribution in [-0.4, -0.2) is 49.3 Å². The van der Waals surface area contributed by atoms with Gasteiger partial charge in [-0.25, -0.2) is 4.39 Å². The lowest BCUT2D eigenvalue weighted by atomic mass is 10.1. The number of aldehydes is 1. The fraction of sp³-hybridized carbons (Fsp3) is 0.350. The highest BCUT2D eigenvalue weighted by atomic mass is 31.0. The highest BCUT2D eigenvalue weighted by molar-refractivity contribution is 7.17. The molecule has 1 heterocycles. The lowest BCUT2D eigenvalue weighted by molar-refractivity contribution is 0.104. The summed E-state index contributed by atoms with van der Waals surface area (Å²) < 4.78 is 38.3. The molecule has 7 heteroatoms. The van der Waals surface area contributed by atoms with E-state index in [1.165, 1.54) is 30.3 Å². The third kappa shape index (κ3) is 7.41. The van der Waals surface area contributed by atoms with Crippen LogP contribution in [0.1, 0.15) is 21.5 Å². The number of piperazine rings is 1. The van der Waals surface area contributed by atoms with E-state index in [1.807, 2.05) is 0 Å². The Bertz CT molecular complexity index is 727. The smallest absolute Gasteiger partial charge is 0.283 e. The first-order valence-electron chi connectivity index (χ1n) is 8.65. The average molecular weight is 396 g/mol. The minimum Gasteiger partial charge on any atom is -0.304 e. The minimum absolute atomic E-state index is 0.0506. The molecule has 146 valence electrons. The molecule has 0 aliphatic carbocycles. The molecule has 1 atom stereocenters. The average Bonchev–Trinajstić information content (AvgIpc) is 2.64. The summed E-state index contributed by atoms with van der Waals surface area (Å²) in [5.41, 5.74) is -1.31. The molecule has 1 fully saturated rings. The number of rotatable bonds is 4. The highest BCUT2D eigenvalue weighted by Crippen LogP contribution is 2.34. The van der Waals surface area contributed by atoms with Crippen molar-refractivity contribution >= 4 is 15.5 Å². The van der Waals surface area contributed by atoms with Crippen molar-refractivity contribution in [3.63, 3.8) is 0 Å². The quantitative estimate of drug-likeness (QED) is 0.577. The molecule has 0 saturated carbocycles. The lowest BCUT2D eigenvalue weighted by Gasteiger charge is -2.32. The van der Waals surface area contributed by atoms with E-state index in [-0.39, 0.29) is 11.4 Å². The van der Waals surface area contributed by atoms with Gasteiger partial charge in [0.2, 0.25) is 0 Å². The summed E-state index contributed by atoms with van der Waals surface area (Å²) in [4.78, 5) is 14.6. The van der Waals surface area contributed by atoms with Crippen LogP contribution in [0.5, 0.6) is 0 Å². The van der Waals surface area contributed by atoms with Crippen LogP contribution in [0, 0.1) is 5.82 Å². The molecule has 0 N–H and O–H groups in total. The van der Waals surface area contributed by atoms with E-state index < -0.39 is 5.66 Å². The van der Waals surface area contributed by atoms with E-state index in [2.05, 4.69) is 16.8 Å². The van der Waals surface area contributed by atoms with E-state index >= 15 is 0 Å². The first-order chi connectivity index (χ1) is 12.8. The maximum atomic E-state index is 13.0. The Labute approximate surface area is 160 Å². The topological polar surface area (TPSA) is 23.6 Å². The van der Waals surface area contributed by atoms with Crippen LogP contribution in [-0.2, 0) is 12.2 Å². The molecule has 1 unspecified atom stereocenters. The predicted molar refractivity (Wildman–Crippen MR) is 105 cm³/mol. The standard InChI is InChI=1S/C13H19F2N2P.C7H5FO/c1-16-6-8-17(9-7-16)10-11-2-4-12(5-3-11)13(14,15)18;8-7-3-1-2-6(4-7)5-9/h2-5H,6-10,18H2,1H3;1-5H. The molecule has 0 amide bonds. The van der Waals surface area contributed by atoms with Gasteiger partial charge in [-0.3, -0.25) is 9.69 Å². The fourth-order valence-corrected chi connectivity index (χ4v) is 2.87. The number of carbonyl (C=O) groups excluding carboxylic acids is 1. The van der Waals surface area contributed by atoms with E-state index in [1.54, 1.807) is 27.4 Å². The Morgan fingerprint density at radius 3 is 2.19 bits per heavy atom. The number of carbonyl (C=O) groups is 1. The maximum absolute atomic E-state index is 13.0. The molecule has 27 heavy (non-hydrogen) atoms. The van der Waals surface area contributed by atoms with E-state index in [9.17, 15) is 18.0 Å². The summed E-state index contributed by atoms with van der Waals surface area (Å²) >= 11 is 0. The van der Waals surface area contributed by atoms with Crippen LogP contribution in [0.2, 0.25) is 0 Å². The molecule has 1 aliphatic heterocycles. The zero-order chi connectivity index (χ0) is 19.9. The summed E-state index contributed by atoms with van der Waals surface area (Å²) in [5, 5.41) is 0. The first kappa shape index (κ1) is 21.5. The molecule has 0 radical (unpaired) electrons. The Morgan fingerprint density at radius 2 is 1.70 bits per heavy atom. The van der Waals surface area contributed by atoms with Crippen LogP contribution >= 0.6 is 9.24 Å². The van der Waals surface area contributed by atoms with Gasteiger partial charge in [-0.15, -0.1) is 0 Å². The van der Waals surface area contributed by atoms with E-state index in [0.717, 1.165) is 38.3 Å². The Hall–Kier alpha value is -1.75. The highest BCUT2D eigenvalue weighted by Gasteiger charge is 2.24. The van der Waals surface area contributed by atoms with Crippen LogP contribution in [0.25, 0.3) is 0 Å². The Balaban J connectivity index is 0.000000244. The fourth-order valence-electron chi connectivity index (χ4n) is 2.68. The molecular weight excluding hydrogens is 372 g/mol. The SMILES string of the molecule is CN1CCN(Cc2ccc(C(F)(F)P)cc2)CC1.O=Cc1cccc(F)c1. The van der Waals surface area contributed by atoms with Gasteiger partial charge in [-0.1, -0.05) is 45.6 Å². The van der Waals surface area contributed by atoms with Gasteiger partial charge in [-0.05, 0) is 24.7 Å². The van der Waals surface area contributed by atoms with Crippen molar-refractivity contribution in [1.29, 1.82) is 0 Å². The normalized spacial score (nSPS) is 15.7. The van der Waals surface area contributed by atoms with Gasteiger partial charge in [-0.2, -0.15) is 8.78 Å². The summed E-state index contributed by atoms with van der Waals surface area (Å²) in [7, 11) is 3.69. The largest absolute Gasteiger partial charge is 0.304 e. The summed E-state index contributed by atoms with van der Waals surface area (Å²) in [6.07, 6.45) is 0.614. The van der Waals surface area contributed by atoms with Gasteiger partial charge in [0.05, 0.1) is 0 Å². The third-order valence-electron chi connectivity index (χ3n) is 4.33. The van der Waals surface area contributed by atoms with Gasteiger partial charge in [0.1, 0.15) is 12.1 Å². The molecule has 3 nitrogen and oxygen atoms in total. The second-order valence-electron chi connectivity index (χ2n) is 6.57. The number of halogens is 3. The maximum Gasteiger partial charge on any atom is 0.283 e. The van der Waals surface area contributed by atoms with E-state index in [0.29, 0.717) is 11.8 Å². The molecule has 2 aromatic rings. The predicted octanol–water partition coefficient (Wildman–Crippen LogP) is 4.00. The van der Waals surface area contributed by atoms with Crippen molar-refractivity contribution < 1.29 is 18.0 Å². The summed E-state index contributed by atoms with van der Waals surface area (Å²) in [5.74, 6) is -0.375. The van der Waals surface area contributed by atoms with Gasteiger partial charge in [0.25, 0.3) is 5.66 Å². The Morgan fingerprint density at radius 1 is 1.07 bits per heavy atom. The molecule has 1 aliphatic rings. The third-order valence-corrected chi connectivity index (χ3v) is 4.66. The molecule has 0 spiro atoms. The van der Waals surface area contributed by atoms with Crippen LogP contribution in [0.3, 0.4) is 0 Å². The van der Waals surface area contributed by atoms with Crippen LogP contribution in [0.4, 0.5) is 13.2 Å². The van der Waals surface area contributed by atoms with Gasteiger partial charge < -0.3 is 4.90 Å². The number of hydrogen-bond donors (Lipinski definition) is 0. The van der Waals surface area contributed by atoms with Crippen LogP contribution in [0.15, 0.2) is 48.5 Å². The number of alkyl halides is 2. The van der Waals surface area contributed by atoms with Crippen molar-refractivity contribution in [1.82, 2.24) is 9.80 Å². The second-order valence-corrected chi connectivity index (χ2v) is 7.30. The van der Waals surface area contributed by atoms with Gasteiger partial charge in [0, 0.05) is 43.9 Å². The lowest BCUT2D eigenvalue weighted by Crippen LogP contribution is -2.43. The summed E-state index contributed by atoms with van der Waals surface area (Å²) in [6.45, 7) is 5.07. The number of nitrogens with zero attached hydrogens (tertiary/aromatic N) is 2. The first-order valence-corrected chi connectivity index (χ1v) is 9.23. The van der Waals surface area contributed by atoms with Gasteiger partial charge >= 0.3 is 0 Å². The van der Waals surface area contributed by atoms with Gasteiger partial charge in [0.15, 0.2) is 0 Å². The zero-order valence-electron chi connectivity index (χ0n) is 15.2. The number of benzene rings is 2. The molecule has 0 bridgehead atoms. The number of hydrogen-bond acceptors (Lipinski definition) is 3. The number of likely N-dealkylation sites (N-methyl/N-ethyl adjacent to an activating group) is 1. The minimum atomic E-state index is -2.83. The van der Waals surface area contributed by atoms with Crippen LogP contribution < -0.4 is 0 Å². The Kier molecular flexibility index (Phi) is 7.96. The van der Waals surface area contributed by atoms with Crippen molar-refractivity contribution in [3.8, 4) is 0 Å². The monoisotopic (exact) mass is 396 g/mol. The van der Waals surface area contributed by atoms with Crippen molar-refractivity contribution in [2.45, 2.75) is 12.2 Å². The van der Waals surface area contributed by atoms with Crippen molar-refractivity contribution in [2.24, 2.45) is 0 Å². The van der Waals surface area contributed by atoms with E-state index in [4.69, 9.17) is 0 Å². The summed E-state index contributed by atoms with van der Waals surface area (Å²) in [6, 6.07) is 12.2.